The summed E-state index contributed by atoms with van der Waals surface area (Å²) in [5.74, 6) is 0.00342. The van der Waals surface area contributed by atoms with Gasteiger partial charge in [-0.2, -0.15) is 0 Å². The van der Waals surface area contributed by atoms with E-state index in [4.69, 9.17) is 0 Å². The molecule has 0 radical (unpaired) electrons. The van der Waals surface area contributed by atoms with Gasteiger partial charge in [-0.1, -0.05) is 51.0 Å². The maximum atomic E-state index is 11.8. The second kappa shape index (κ2) is 5.13. The number of carbonyl (C=O) groups is 1. The number of aryl methyl sites for hydroxylation is 1. The van der Waals surface area contributed by atoms with Gasteiger partial charge in [-0.05, 0) is 36.3 Å². The Labute approximate surface area is 109 Å². The summed E-state index contributed by atoms with van der Waals surface area (Å²) in [6, 6.07) is 8.05. The molecule has 0 fully saturated rings. The lowest BCUT2D eigenvalue weighted by atomic mass is 9.77. The van der Waals surface area contributed by atoms with Gasteiger partial charge in [0.2, 0.25) is 0 Å². The third kappa shape index (κ3) is 2.29. The van der Waals surface area contributed by atoms with E-state index in [1.807, 2.05) is 18.2 Å². The number of aliphatic carboxylic acids is 1. The minimum atomic E-state index is -0.642. The standard InChI is InChI=1S/C16H22O2/c1-12(2)6-5-10-16(15(17)18)11-9-13-7-3-4-8-14(13)16/h3-4,7-8,12H,5-6,9-11H2,1-2H3,(H,17,18). The summed E-state index contributed by atoms with van der Waals surface area (Å²) in [5.41, 5.74) is 1.66. The molecule has 0 amide bonds. The van der Waals surface area contributed by atoms with Crippen molar-refractivity contribution in [1.29, 1.82) is 0 Å². The van der Waals surface area contributed by atoms with Crippen molar-refractivity contribution in [2.75, 3.05) is 0 Å². The molecule has 0 aliphatic heterocycles. The molecule has 1 atom stereocenters. The first-order valence-electron chi connectivity index (χ1n) is 6.88. The molecular formula is C16H22O2. The van der Waals surface area contributed by atoms with Gasteiger partial charge in [0.1, 0.15) is 0 Å². The van der Waals surface area contributed by atoms with Crippen molar-refractivity contribution in [3.63, 3.8) is 0 Å². The van der Waals surface area contributed by atoms with E-state index in [1.54, 1.807) is 0 Å². The molecule has 0 heterocycles. The molecule has 2 heteroatoms. The molecule has 1 aliphatic rings. The van der Waals surface area contributed by atoms with Crippen LogP contribution in [0.1, 0.15) is 50.7 Å². The van der Waals surface area contributed by atoms with Gasteiger partial charge in [0.25, 0.3) is 0 Å². The second-order valence-electron chi connectivity index (χ2n) is 5.83. The van der Waals surface area contributed by atoms with Crippen molar-refractivity contribution in [1.82, 2.24) is 0 Å². The number of carboxylic acids is 1. The SMILES string of the molecule is CC(C)CCCC1(C(=O)O)CCc2ccccc21. The summed E-state index contributed by atoms with van der Waals surface area (Å²) in [6.45, 7) is 4.38. The Balaban J connectivity index is 2.22. The molecule has 1 aromatic rings. The minimum Gasteiger partial charge on any atom is -0.481 e. The minimum absolute atomic E-state index is 0.620. The lowest BCUT2D eigenvalue weighted by Gasteiger charge is -2.26. The summed E-state index contributed by atoms with van der Waals surface area (Å²) in [5, 5.41) is 9.68. The normalized spacial score (nSPS) is 22.2. The van der Waals surface area contributed by atoms with E-state index in [2.05, 4.69) is 19.9 Å². The Hall–Kier alpha value is -1.31. The fourth-order valence-electron chi connectivity index (χ4n) is 3.09. The first kappa shape index (κ1) is 13.1. The summed E-state index contributed by atoms with van der Waals surface area (Å²) in [6.07, 6.45) is 4.55. The number of hydrogen-bond acceptors (Lipinski definition) is 1. The predicted octanol–water partition coefficient (Wildman–Crippen LogP) is 3.78. The number of hydrogen-bond donors (Lipinski definition) is 1. The highest BCUT2D eigenvalue weighted by atomic mass is 16.4. The topological polar surface area (TPSA) is 37.3 Å². The molecule has 2 nitrogen and oxygen atoms in total. The van der Waals surface area contributed by atoms with Crippen LogP contribution in [0.25, 0.3) is 0 Å². The van der Waals surface area contributed by atoms with Gasteiger partial charge in [0.05, 0.1) is 5.41 Å². The van der Waals surface area contributed by atoms with E-state index in [9.17, 15) is 9.90 Å². The van der Waals surface area contributed by atoms with Crippen LogP contribution in [-0.4, -0.2) is 11.1 Å². The van der Waals surface area contributed by atoms with Gasteiger partial charge < -0.3 is 5.11 Å². The maximum Gasteiger partial charge on any atom is 0.314 e. The number of fused-ring (bicyclic) bond motifs is 1. The molecule has 18 heavy (non-hydrogen) atoms. The zero-order chi connectivity index (χ0) is 13.2. The molecule has 0 saturated carbocycles. The Morgan fingerprint density at radius 2 is 2.11 bits per heavy atom. The number of benzene rings is 1. The third-order valence-corrected chi connectivity index (χ3v) is 4.15. The largest absolute Gasteiger partial charge is 0.481 e. The second-order valence-corrected chi connectivity index (χ2v) is 5.83. The first-order valence-corrected chi connectivity index (χ1v) is 6.88. The predicted molar refractivity (Wildman–Crippen MR) is 72.8 cm³/mol. The molecule has 0 saturated heterocycles. The van der Waals surface area contributed by atoms with Gasteiger partial charge in [-0.15, -0.1) is 0 Å². The molecule has 0 aromatic heterocycles. The van der Waals surface area contributed by atoms with Gasteiger partial charge in [-0.25, -0.2) is 0 Å². The fraction of sp³-hybridized carbons (Fsp3) is 0.562. The van der Waals surface area contributed by atoms with E-state index in [1.165, 1.54) is 5.56 Å². The number of carboxylic acid groups (broad SMARTS) is 1. The fourth-order valence-corrected chi connectivity index (χ4v) is 3.09. The first-order chi connectivity index (χ1) is 8.56. The van der Waals surface area contributed by atoms with Crippen LogP contribution in [-0.2, 0) is 16.6 Å². The van der Waals surface area contributed by atoms with Crippen molar-refractivity contribution >= 4 is 5.97 Å². The van der Waals surface area contributed by atoms with Crippen LogP contribution in [0.3, 0.4) is 0 Å². The average Bonchev–Trinajstić information content (AvgIpc) is 2.69. The highest BCUT2D eigenvalue weighted by Crippen LogP contribution is 2.43. The summed E-state index contributed by atoms with van der Waals surface area (Å²) in [4.78, 5) is 11.8. The van der Waals surface area contributed by atoms with E-state index >= 15 is 0 Å². The quantitative estimate of drug-likeness (QED) is 0.858. The van der Waals surface area contributed by atoms with Crippen LogP contribution in [0.4, 0.5) is 0 Å². The molecular weight excluding hydrogens is 224 g/mol. The van der Waals surface area contributed by atoms with Gasteiger partial charge in [0.15, 0.2) is 0 Å². The van der Waals surface area contributed by atoms with Crippen LogP contribution in [0.5, 0.6) is 0 Å². The molecule has 1 aromatic carbocycles. The Morgan fingerprint density at radius 1 is 1.39 bits per heavy atom. The highest BCUT2D eigenvalue weighted by molar-refractivity contribution is 5.83. The van der Waals surface area contributed by atoms with Crippen molar-refractivity contribution < 1.29 is 9.90 Å². The zero-order valence-electron chi connectivity index (χ0n) is 11.3. The van der Waals surface area contributed by atoms with E-state index < -0.39 is 11.4 Å². The lowest BCUT2D eigenvalue weighted by Crippen LogP contribution is -2.33. The molecule has 1 aliphatic carbocycles. The van der Waals surface area contributed by atoms with Crippen LogP contribution in [0.15, 0.2) is 24.3 Å². The van der Waals surface area contributed by atoms with Crippen LogP contribution < -0.4 is 0 Å². The molecule has 1 N–H and O–H groups in total. The Bertz CT molecular complexity index is 436. The van der Waals surface area contributed by atoms with Gasteiger partial charge >= 0.3 is 5.97 Å². The van der Waals surface area contributed by atoms with E-state index in [-0.39, 0.29) is 0 Å². The van der Waals surface area contributed by atoms with Crippen LogP contribution >= 0.6 is 0 Å². The van der Waals surface area contributed by atoms with E-state index in [0.29, 0.717) is 5.92 Å². The van der Waals surface area contributed by atoms with Crippen molar-refractivity contribution in [2.24, 2.45) is 5.92 Å². The summed E-state index contributed by atoms with van der Waals surface area (Å²) >= 11 is 0. The maximum absolute atomic E-state index is 11.8. The van der Waals surface area contributed by atoms with Crippen molar-refractivity contribution in [3.05, 3.63) is 35.4 Å². The van der Waals surface area contributed by atoms with Gasteiger partial charge in [-0.3, -0.25) is 4.79 Å². The zero-order valence-corrected chi connectivity index (χ0v) is 11.3. The summed E-state index contributed by atoms with van der Waals surface area (Å²) < 4.78 is 0. The molecule has 1 unspecified atom stereocenters. The highest BCUT2D eigenvalue weighted by Gasteiger charge is 2.44. The lowest BCUT2D eigenvalue weighted by molar-refractivity contribution is -0.144. The Morgan fingerprint density at radius 3 is 2.78 bits per heavy atom. The monoisotopic (exact) mass is 246 g/mol. The average molecular weight is 246 g/mol. The van der Waals surface area contributed by atoms with Gasteiger partial charge in [0, 0.05) is 0 Å². The molecule has 2 rings (SSSR count). The molecule has 98 valence electrons. The van der Waals surface area contributed by atoms with Crippen molar-refractivity contribution in [3.8, 4) is 0 Å². The smallest absolute Gasteiger partial charge is 0.314 e. The number of rotatable bonds is 5. The van der Waals surface area contributed by atoms with E-state index in [0.717, 1.165) is 37.7 Å². The Kier molecular flexibility index (Phi) is 3.74. The van der Waals surface area contributed by atoms with Crippen LogP contribution in [0, 0.1) is 5.92 Å². The molecule has 0 bridgehead atoms. The van der Waals surface area contributed by atoms with Crippen LogP contribution in [0.2, 0.25) is 0 Å². The summed E-state index contributed by atoms with van der Waals surface area (Å²) in [7, 11) is 0. The third-order valence-electron chi connectivity index (χ3n) is 4.15. The van der Waals surface area contributed by atoms with Crippen molar-refractivity contribution in [2.45, 2.75) is 51.4 Å². The molecule has 0 spiro atoms.